The van der Waals surface area contributed by atoms with Gasteiger partial charge >= 0.3 is 0 Å². The normalized spacial score (nSPS) is 16.9. The SMILES string of the molecule is CCCCCN1CCN(c2ccc(Cl)c(Cl)c2)CC1. The summed E-state index contributed by atoms with van der Waals surface area (Å²) in [4.78, 5) is 4.95. The Morgan fingerprint density at radius 2 is 1.74 bits per heavy atom. The van der Waals surface area contributed by atoms with Crippen LogP contribution in [-0.4, -0.2) is 37.6 Å². The second kappa shape index (κ2) is 7.37. The predicted molar refractivity (Wildman–Crippen MR) is 84.6 cm³/mol. The average Bonchev–Trinajstić information content (AvgIpc) is 2.43. The molecule has 1 saturated heterocycles. The summed E-state index contributed by atoms with van der Waals surface area (Å²) in [6, 6.07) is 5.91. The van der Waals surface area contributed by atoms with Crippen molar-refractivity contribution in [1.29, 1.82) is 0 Å². The van der Waals surface area contributed by atoms with Crippen molar-refractivity contribution in [2.75, 3.05) is 37.6 Å². The van der Waals surface area contributed by atoms with Gasteiger partial charge in [0, 0.05) is 31.9 Å². The van der Waals surface area contributed by atoms with Crippen molar-refractivity contribution in [2.45, 2.75) is 26.2 Å². The summed E-state index contributed by atoms with van der Waals surface area (Å²) in [5.41, 5.74) is 1.18. The van der Waals surface area contributed by atoms with E-state index in [9.17, 15) is 0 Å². The lowest BCUT2D eigenvalue weighted by Crippen LogP contribution is -2.46. The van der Waals surface area contributed by atoms with Crippen LogP contribution in [0.5, 0.6) is 0 Å². The summed E-state index contributed by atoms with van der Waals surface area (Å²) < 4.78 is 0. The van der Waals surface area contributed by atoms with E-state index in [2.05, 4.69) is 22.8 Å². The first-order valence-corrected chi connectivity index (χ1v) is 7.88. The Balaban J connectivity index is 1.84. The van der Waals surface area contributed by atoms with Crippen molar-refractivity contribution in [3.63, 3.8) is 0 Å². The molecule has 0 radical (unpaired) electrons. The number of halogens is 2. The number of nitrogens with zero attached hydrogens (tertiary/aromatic N) is 2. The Morgan fingerprint density at radius 1 is 1.00 bits per heavy atom. The van der Waals surface area contributed by atoms with E-state index in [0.29, 0.717) is 10.0 Å². The third-order valence-corrected chi connectivity index (χ3v) is 4.46. The smallest absolute Gasteiger partial charge is 0.0612 e. The first-order chi connectivity index (χ1) is 9.20. The summed E-state index contributed by atoms with van der Waals surface area (Å²) in [7, 11) is 0. The number of rotatable bonds is 5. The molecular formula is C15H22Cl2N2. The van der Waals surface area contributed by atoms with Gasteiger partial charge in [0.15, 0.2) is 0 Å². The molecule has 0 spiro atoms. The van der Waals surface area contributed by atoms with E-state index in [-0.39, 0.29) is 0 Å². The maximum Gasteiger partial charge on any atom is 0.0612 e. The van der Waals surface area contributed by atoms with Crippen LogP contribution < -0.4 is 4.90 Å². The van der Waals surface area contributed by atoms with Gasteiger partial charge in [0.1, 0.15) is 0 Å². The molecular weight excluding hydrogens is 279 g/mol. The highest BCUT2D eigenvalue weighted by atomic mass is 35.5. The number of anilines is 1. The molecule has 1 aromatic carbocycles. The van der Waals surface area contributed by atoms with E-state index in [1.165, 1.54) is 31.5 Å². The van der Waals surface area contributed by atoms with Gasteiger partial charge in [0.25, 0.3) is 0 Å². The molecule has 1 fully saturated rings. The summed E-state index contributed by atoms with van der Waals surface area (Å²) in [6.45, 7) is 7.92. The van der Waals surface area contributed by atoms with E-state index >= 15 is 0 Å². The first-order valence-electron chi connectivity index (χ1n) is 7.13. The molecule has 0 aromatic heterocycles. The van der Waals surface area contributed by atoms with Gasteiger partial charge in [-0.15, -0.1) is 0 Å². The van der Waals surface area contributed by atoms with Gasteiger partial charge in [-0.1, -0.05) is 43.0 Å². The van der Waals surface area contributed by atoms with Gasteiger partial charge in [-0.25, -0.2) is 0 Å². The van der Waals surface area contributed by atoms with Gasteiger partial charge < -0.3 is 4.90 Å². The minimum atomic E-state index is 0.628. The zero-order valence-corrected chi connectivity index (χ0v) is 13.1. The number of unbranched alkanes of at least 4 members (excludes halogenated alkanes) is 2. The van der Waals surface area contributed by atoms with Gasteiger partial charge in [0.05, 0.1) is 10.0 Å². The highest BCUT2D eigenvalue weighted by Crippen LogP contribution is 2.27. The number of hydrogen-bond acceptors (Lipinski definition) is 2. The molecule has 2 rings (SSSR count). The molecule has 0 bridgehead atoms. The molecule has 0 saturated carbocycles. The van der Waals surface area contributed by atoms with E-state index in [1.807, 2.05) is 12.1 Å². The molecule has 0 N–H and O–H groups in total. The fourth-order valence-electron chi connectivity index (χ4n) is 2.50. The molecule has 4 heteroatoms. The second-order valence-electron chi connectivity index (χ2n) is 5.13. The Bertz CT molecular complexity index is 401. The summed E-state index contributed by atoms with van der Waals surface area (Å²) in [5.74, 6) is 0. The molecule has 1 aliphatic rings. The van der Waals surface area contributed by atoms with Crippen molar-refractivity contribution in [3.8, 4) is 0 Å². The van der Waals surface area contributed by atoms with Crippen molar-refractivity contribution < 1.29 is 0 Å². The highest BCUT2D eigenvalue weighted by molar-refractivity contribution is 6.42. The standard InChI is InChI=1S/C15H22Cl2N2/c1-2-3-4-7-18-8-10-19(11-9-18)13-5-6-14(16)15(17)12-13/h5-6,12H,2-4,7-11H2,1H3. The molecule has 106 valence electrons. The van der Waals surface area contributed by atoms with E-state index in [0.717, 1.165) is 26.2 Å². The second-order valence-corrected chi connectivity index (χ2v) is 5.95. The van der Waals surface area contributed by atoms with E-state index < -0.39 is 0 Å². The van der Waals surface area contributed by atoms with Gasteiger partial charge in [-0.3, -0.25) is 4.90 Å². The molecule has 0 atom stereocenters. The third-order valence-electron chi connectivity index (χ3n) is 3.72. The fourth-order valence-corrected chi connectivity index (χ4v) is 2.79. The maximum absolute atomic E-state index is 6.08. The Morgan fingerprint density at radius 3 is 2.37 bits per heavy atom. The third kappa shape index (κ3) is 4.27. The fraction of sp³-hybridized carbons (Fsp3) is 0.600. The lowest BCUT2D eigenvalue weighted by atomic mass is 10.2. The number of piperazine rings is 1. The van der Waals surface area contributed by atoms with Crippen LogP contribution in [0.1, 0.15) is 26.2 Å². The Labute approximate surface area is 126 Å². The first kappa shape index (κ1) is 15.0. The van der Waals surface area contributed by atoms with Crippen LogP contribution in [0.2, 0.25) is 10.0 Å². The molecule has 0 amide bonds. The van der Waals surface area contributed by atoms with Crippen LogP contribution in [0.3, 0.4) is 0 Å². The molecule has 2 nitrogen and oxygen atoms in total. The lowest BCUT2D eigenvalue weighted by molar-refractivity contribution is 0.252. The summed E-state index contributed by atoms with van der Waals surface area (Å²) >= 11 is 12.0. The minimum Gasteiger partial charge on any atom is -0.369 e. The minimum absolute atomic E-state index is 0.628. The van der Waals surface area contributed by atoms with Gasteiger partial charge in [-0.2, -0.15) is 0 Å². The van der Waals surface area contributed by atoms with Crippen LogP contribution in [-0.2, 0) is 0 Å². The number of hydrogen-bond donors (Lipinski definition) is 0. The van der Waals surface area contributed by atoms with Crippen molar-refractivity contribution in [3.05, 3.63) is 28.2 Å². The molecule has 0 aliphatic carbocycles. The van der Waals surface area contributed by atoms with E-state index in [1.54, 1.807) is 0 Å². The topological polar surface area (TPSA) is 6.48 Å². The number of benzene rings is 1. The molecule has 1 aromatic rings. The van der Waals surface area contributed by atoms with Crippen LogP contribution in [0.25, 0.3) is 0 Å². The van der Waals surface area contributed by atoms with Crippen molar-refractivity contribution in [1.82, 2.24) is 4.90 Å². The highest BCUT2D eigenvalue weighted by Gasteiger charge is 2.17. The quantitative estimate of drug-likeness (QED) is 0.748. The largest absolute Gasteiger partial charge is 0.369 e. The Kier molecular flexibility index (Phi) is 5.80. The molecule has 19 heavy (non-hydrogen) atoms. The Hall–Kier alpha value is -0.440. The molecule has 1 heterocycles. The monoisotopic (exact) mass is 300 g/mol. The van der Waals surface area contributed by atoms with Gasteiger partial charge in [-0.05, 0) is 31.2 Å². The summed E-state index contributed by atoms with van der Waals surface area (Å²) in [5, 5.41) is 1.27. The van der Waals surface area contributed by atoms with Crippen molar-refractivity contribution >= 4 is 28.9 Å². The summed E-state index contributed by atoms with van der Waals surface area (Å²) in [6.07, 6.45) is 3.96. The van der Waals surface area contributed by atoms with Gasteiger partial charge in [0.2, 0.25) is 0 Å². The van der Waals surface area contributed by atoms with Crippen LogP contribution in [0.15, 0.2) is 18.2 Å². The zero-order valence-electron chi connectivity index (χ0n) is 11.5. The molecule has 0 unspecified atom stereocenters. The average molecular weight is 301 g/mol. The van der Waals surface area contributed by atoms with Crippen LogP contribution in [0, 0.1) is 0 Å². The predicted octanol–water partition coefficient (Wildman–Crippen LogP) is 4.31. The zero-order chi connectivity index (χ0) is 13.7. The molecule has 1 aliphatic heterocycles. The van der Waals surface area contributed by atoms with Crippen LogP contribution in [0.4, 0.5) is 5.69 Å². The van der Waals surface area contributed by atoms with Crippen LogP contribution >= 0.6 is 23.2 Å². The maximum atomic E-state index is 6.08. The van der Waals surface area contributed by atoms with E-state index in [4.69, 9.17) is 23.2 Å². The lowest BCUT2D eigenvalue weighted by Gasteiger charge is -2.36. The van der Waals surface area contributed by atoms with Crippen molar-refractivity contribution in [2.24, 2.45) is 0 Å².